The molecular formula is C24H30FNO3. The van der Waals surface area contributed by atoms with Crippen molar-refractivity contribution in [2.45, 2.75) is 46.2 Å². The monoisotopic (exact) mass is 399 g/mol. The number of Topliss-reactive ketones (excluding diaryl/α,β-unsaturated/α-hetero) is 1. The molecule has 29 heavy (non-hydrogen) atoms. The lowest BCUT2D eigenvalue weighted by molar-refractivity contribution is -0.148. The number of halogens is 1. The first-order valence-corrected chi connectivity index (χ1v) is 10.6. The first kappa shape index (κ1) is 20.2. The minimum absolute atomic E-state index is 0.0264. The second-order valence-electron chi connectivity index (χ2n) is 10.1. The van der Waals surface area contributed by atoms with Crippen LogP contribution in [0.4, 0.5) is 4.39 Å². The van der Waals surface area contributed by atoms with Gasteiger partial charge in [-0.2, -0.15) is 0 Å². The minimum Gasteiger partial charge on any atom is -0.342 e. The Bertz CT molecular complexity index is 885. The molecule has 4 aliphatic rings. The van der Waals surface area contributed by atoms with Crippen molar-refractivity contribution in [2.24, 2.45) is 34.5 Å². The van der Waals surface area contributed by atoms with Crippen LogP contribution >= 0.6 is 0 Å². The van der Waals surface area contributed by atoms with Gasteiger partial charge in [-0.1, -0.05) is 31.6 Å². The molecule has 4 nitrogen and oxygen atoms in total. The molecule has 156 valence electrons. The molecule has 4 rings (SSSR count). The maximum Gasteiger partial charge on any atom is 0.289 e. The Morgan fingerprint density at radius 2 is 1.86 bits per heavy atom. The van der Waals surface area contributed by atoms with Crippen LogP contribution in [0.25, 0.3) is 0 Å². The van der Waals surface area contributed by atoms with Crippen LogP contribution in [0.15, 0.2) is 35.5 Å². The largest absolute Gasteiger partial charge is 0.342 e. The summed E-state index contributed by atoms with van der Waals surface area (Å²) < 4.78 is 15.3. The summed E-state index contributed by atoms with van der Waals surface area (Å²) in [6.45, 7) is 6.17. The van der Waals surface area contributed by atoms with Gasteiger partial charge in [0.2, 0.25) is 5.78 Å². The molecular weight excluding hydrogens is 369 g/mol. The molecule has 0 aromatic rings. The van der Waals surface area contributed by atoms with Gasteiger partial charge in [0.15, 0.2) is 5.78 Å². The quantitative estimate of drug-likeness (QED) is 0.526. The van der Waals surface area contributed by atoms with Gasteiger partial charge in [0.25, 0.3) is 5.91 Å². The van der Waals surface area contributed by atoms with Crippen molar-refractivity contribution in [2.75, 3.05) is 14.1 Å². The molecule has 7 atom stereocenters. The third-order valence-corrected chi connectivity index (χ3v) is 8.18. The highest BCUT2D eigenvalue weighted by molar-refractivity contribution is 6.37. The molecule has 0 N–H and O–H groups in total. The molecule has 4 aliphatic carbocycles. The van der Waals surface area contributed by atoms with E-state index in [0.717, 1.165) is 6.42 Å². The molecule has 0 aromatic heterocycles. The van der Waals surface area contributed by atoms with Crippen LogP contribution in [-0.4, -0.2) is 42.6 Å². The first-order chi connectivity index (χ1) is 13.5. The van der Waals surface area contributed by atoms with E-state index in [0.29, 0.717) is 18.4 Å². The van der Waals surface area contributed by atoms with Gasteiger partial charge >= 0.3 is 0 Å². The number of hydrogen-bond donors (Lipinski definition) is 0. The van der Waals surface area contributed by atoms with E-state index in [1.165, 1.54) is 16.5 Å². The van der Waals surface area contributed by atoms with Crippen molar-refractivity contribution in [3.63, 3.8) is 0 Å². The van der Waals surface area contributed by atoms with Crippen molar-refractivity contribution < 1.29 is 18.8 Å². The molecule has 0 heterocycles. The second kappa shape index (κ2) is 6.48. The second-order valence-corrected chi connectivity index (χ2v) is 10.1. The molecule has 2 saturated carbocycles. The van der Waals surface area contributed by atoms with Gasteiger partial charge in [0.1, 0.15) is 6.17 Å². The van der Waals surface area contributed by atoms with E-state index in [4.69, 9.17) is 0 Å². The maximum absolute atomic E-state index is 15.3. The lowest BCUT2D eigenvalue weighted by Crippen LogP contribution is -2.49. The van der Waals surface area contributed by atoms with Crippen LogP contribution in [-0.2, 0) is 14.4 Å². The third kappa shape index (κ3) is 2.72. The predicted octanol–water partition coefficient (Wildman–Crippen LogP) is 3.68. The average Bonchev–Trinajstić information content (AvgIpc) is 2.92. The average molecular weight is 400 g/mol. The van der Waals surface area contributed by atoms with Gasteiger partial charge in [-0.3, -0.25) is 14.4 Å². The third-order valence-electron chi connectivity index (χ3n) is 8.18. The summed E-state index contributed by atoms with van der Waals surface area (Å²) in [6.07, 6.45) is 7.76. The number of allylic oxidation sites excluding steroid dienone is 6. The van der Waals surface area contributed by atoms with Crippen molar-refractivity contribution in [1.82, 2.24) is 4.90 Å². The highest BCUT2D eigenvalue weighted by Crippen LogP contribution is 2.65. The van der Waals surface area contributed by atoms with E-state index in [-0.39, 0.29) is 40.7 Å². The molecule has 0 aromatic carbocycles. The number of nitrogens with zero attached hydrogens (tertiary/aromatic N) is 1. The molecule has 0 aliphatic heterocycles. The topological polar surface area (TPSA) is 54.5 Å². The highest BCUT2D eigenvalue weighted by Gasteiger charge is 2.61. The molecule has 0 spiro atoms. The Hall–Kier alpha value is -2.04. The van der Waals surface area contributed by atoms with E-state index in [9.17, 15) is 14.4 Å². The Labute approximate surface area is 171 Å². The molecule has 0 unspecified atom stereocenters. The van der Waals surface area contributed by atoms with Crippen LogP contribution in [0.2, 0.25) is 0 Å². The normalized spacial score (nSPS) is 43.0. The van der Waals surface area contributed by atoms with E-state index in [2.05, 4.69) is 19.9 Å². The number of carbonyl (C=O) groups excluding carboxylic acids is 3. The van der Waals surface area contributed by atoms with Crippen LogP contribution in [0, 0.1) is 34.5 Å². The zero-order chi connectivity index (χ0) is 21.3. The SMILES string of the molecule is C[C@@H]1C[C@H]2[C@@H]3C[C@H](F)C4=CC(=O)C=C[C@]4(C)C3=CC[C@]2(C)[C@H]1C(=O)C(=O)N(C)C. The number of likely N-dealkylation sites (N-methyl/N-ethyl adjacent to an activating group) is 1. The van der Waals surface area contributed by atoms with Crippen molar-refractivity contribution >= 4 is 17.5 Å². The van der Waals surface area contributed by atoms with Crippen LogP contribution in [0.5, 0.6) is 0 Å². The summed E-state index contributed by atoms with van der Waals surface area (Å²) in [5.74, 6) is -0.986. The van der Waals surface area contributed by atoms with Crippen LogP contribution < -0.4 is 0 Å². The van der Waals surface area contributed by atoms with Gasteiger partial charge in [-0.15, -0.1) is 0 Å². The zero-order valence-corrected chi connectivity index (χ0v) is 17.9. The fourth-order valence-corrected chi connectivity index (χ4v) is 6.81. The molecule has 2 fully saturated rings. The first-order valence-electron chi connectivity index (χ1n) is 10.6. The van der Waals surface area contributed by atoms with Gasteiger partial charge < -0.3 is 4.90 Å². The summed E-state index contributed by atoms with van der Waals surface area (Å²) in [4.78, 5) is 38.7. The van der Waals surface area contributed by atoms with E-state index >= 15 is 4.39 Å². The fraction of sp³-hybridized carbons (Fsp3) is 0.625. The summed E-state index contributed by atoms with van der Waals surface area (Å²) in [5.41, 5.74) is 0.838. The number of carbonyl (C=O) groups is 3. The Morgan fingerprint density at radius 3 is 2.52 bits per heavy atom. The number of rotatable bonds is 2. The van der Waals surface area contributed by atoms with Gasteiger partial charge in [-0.25, -0.2) is 4.39 Å². The summed E-state index contributed by atoms with van der Waals surface area (Å²) in [6, 6.07) is 0. The molecule has 0 radical (unpaired) electrons. The van der Waals surface area contributed by atoms with E-state index < -0.39 is 17.5 Å². The highest BCUT2D eigenvalue weighted by atomic mass is 19.1. The van der Waals surface area contributed by atoms with Crippen LogP contribution in [0.1, 0.15) is 40.0 Å². The van der Waals surface area contributed by atoms with Crippen molar-refractivity contribution in [3.8, 4) is 0 Å². The van der Waals surface area contributed by atoms with Gasteiger partial charge in [0, 0.05) is 25.4 Å². The number of ketones is 2. The number of fused-ring (bicyclic) bond motifs is 5. The standard InChI is InChI=1S/C24H30FNO3/c1-13-10-17-15-12-19(25)18-11-14(27)6-8-23(18,2)16(15)7-9-24(17,3)20(13)21(28)22(29)26(4)5/h6-8,11,13,15,17,19-20H,9-10,12H2,1-5H3/t13-,15-,17+,19+,20-,23-,24+/m1/s1. The van der Waals surface area contributed by atoms with Crippen molar-refractivity contribution in [3.05, 3.63) is 35.5 Å². The molecule has 0 saturated heterocycles. The summed E-state index contributed by atoms with van der Waals surface area (Å²) in [5, 5.41) is 0. The van der Waals surface area contributed by atoms with E-state index in [1.54, 1.807) is 20.2 Å². The van der Waals surface area contributed by atoms with Gasteiger partial charge in [-0.05, 0) is 67.1 Å². The Kier molecular flexibility index (Phi) is 4.52. The smallest absolute Gasteiger partial charge is 0.289 e. The number of alkyl halides is 1. The van der Waals surface area contributed by atoms with E-state index in [1.807, 2.05) is 13.0 Å². The Morgan fingerprint density at radius 1 is 1.17 bits per heavy atom. The predicted molar refractivity (Wildman–Crippen MR) is 109 cm³/mol. The molecule has 5 heteroatoms. The number of amides is 1. The Balaban J connectivity index is 1.75. The van der Waals surface area contributed by atoms with Crippen molar-refractivity contribution in [1.29, 1.82) is 0 Å². The molecule has 1 amide bonds. The summed E-state index contributed by atoms with van der Waals surface area (Å²) >= 11 is 0. The van der Waals surface area contributed by atoms with Gasteiger partial charge in [0.05, 0.1) is 0 Å². The maximum atomic E-state index is 15.3. The lowest BCUT2D eigenvalue weighted by Gasteiger charge is -2.52. The molecule has 0 bridgehead atoms. The zero-order valence-electron chi connectivity index (χ0n) is 17.9. The summed E-state index contributed by atoms with van der Waals surface area (Å²) in [7, 11) is 3.22. The lowest BCUT2D eigenvalue weighted by atomic mass is 9.51. The fourth-order valence-electron chi connectivity index (χ4n) is 6.81. The number of hydrogen-bond acceptors (Lipinski definition) is 3. The minimum atomic E-state index is -1.16. The van der Waals surface area contributed by atoms with Crippen LogP contribution in [0.3, 0.4) is 0 Å².